The van der Waals surface area contributed by atoms with Gasteiger partial charge in [0.15, 0.2) is 0 Å². The molecule has 14 heavy (non-hydrogen) atoms. The lowest BCUT2D eigenvalue weighted by Gasteiger charge is -2.07. The number of aliphatic hydroxyl groups is 1. The van der Waals surface area contributed by atoms with E-state index in [4.69, 9.17) is 10.8 Å². The Bertz CT molecular complexity index is 423. The summed E-state index contributed by atoms with van der Waals surface area (Å²) >= 11 is 0. The van der Waals surface area contributed by atoms with Gasteiger partial charge in [0.2, 0.25) is 0 Å². The molecule has 4 heteroatoms. The van der Waals surface area contributed by atoms with Gasteiger partial charge < -0.3 is 10.8 Å². The second kappa shape index (κ2) is 3.51. The van der Waals surface area contributed by atoms with E-state index >= 15 is 0 Å². The van der Waals surface area contributed by atoms with Crippen LogP contribution in [-0.2, 0) is 6.61 Å². The highest BCUT2D eigenvalue weighted by molar-refractivity contribution is 5.52. The van der Waals surface area contributed by atoms with Gasteiger partial charge in [-0.3, -0.25) is 0 Å². The molecule has 0 saturated heterocycles. The molecule has 2 rings (SSSR count). The normalized spacial score (nSPS) is 10.4. The van der Waals surface area contributed by atoms with Crippen molar-refractivity contribution in [1.82, 2.24) is 9.78 Å². The minimum absolute atomic E-state index is 0.0184. The van der Waals surface area contributed by atoms with Crippen LogP contribution < -0.4 is 5.73 Å². The molecule has 1 heterocycles. The van der Waals surface area contributed by atoms with Crippen molar-refractivity contribution in [3.05, 3.63) is 42.2 Å². The van der Waals surface area contributed by atoms with Crippen molar-refractivity contribution in [1.29, 1.82) is 0 Å². The van der Waals surface area contributed by atoms with E-state index < -0.39 is 0 Å². The number of hydrogen-bond donors (Lipinski definition) is 2. The van der Waals surface area contributed by atoms with Gasteiger partial charge >= 0.3 is 0 Å². The summed E-state index contributed by atoms with van der Waals surface area (Å²) < 4.78 is 1.68. The van der Waals surface area contributed by atoms with Crippen molar-refractivity contribution >= 4 is 5.69 Å². The quantitative estimate of drug-likeness (QED) is 0.691. The molecule has 0 saturated carbocycles. The third kappa shape index (κ3) is 1.47. The number of rotatable bonds is 2. The second-order valence-electron chi connectivity index (χ2n) is 3.00. The van der Waals surface area contributed by atoms with Crippen molar-refractivity contribution in [3.63, 3.8) is 0 Å². The third-order valence-electron chi connectivity index (χ3n) is 2.03. The highest BCUT2D eigenvalue weighted by atomic mass is 16.3. The van der Waals surface area contributed by atoms with Crippen LogP contribution in [0.25, 0.3) is 5.69 Å². The lowest BCUT2D eigenvalue weighted by atomic mass is 10.1. The van der Waals surface area contributed by atoms with Crippen LogP contribution in [0.3, 0.4) is 0 Å². The molecule has 4 nitrogen and oxygen atoms in total. The first-order chi connectivity index (χ1) is 6.81. The smallest absolute Gasteiger partial charge is 0.0721 e. The Labute approximate surface area is 81.6 Å². The zero-order chi connectivity index (χ0) is 9.97. The monoisotopic (exact) mass is 189 g/mol. The van der Waals surface area contributed by atoms with E-state index in [1.165, 1.54) is 0 Å². The lowest BCUT2D eigenvalue weighted by Crippen LogP contribution is -2.01. The molecule has 0 radical (unpaired) electrons. The minimum Gasteiger partial charge on any atom is -0.399 e. The van der Waals surface area contributed by atoms with Crippen molar-refractivity contribution in [2.75, 3.05) is 5.73 Å². The average molecular weight is 189 g/mol. The molecule has 0 bridgehead atoms. The first-order valence-corrected chi connectivity index (χ1v) is 4.30. The van der Waals surface area contributed by atoms with Crippen molar-refractivity contribution in [2.45, 2.75) is 6.61 Å². The first-order valence-electron chi connectivity index (χ1n) is 4.30. The molecule has 0 atom stereocenters. The predicted molar refractivity (Wildman–Crippen MR) is 53.9 cm³/mol. The number of aliphatic hydroxyl groups excluding tert-OH is 1. The molecule has 2 aromatic rings. The number of nitrogens with zero attached hydrogens (tertiary/aromatic N) is 2. The molecule has 72 valence electrons. The van der Waals surface area contributed by atoms with E-state index in [2.05, 4.69) is 5.10 Å². The third-order valence-corrected chi connectivity index (χ3v) is 2.03. The number of hydrogen-bond acceptors (Lipinski definition) is 3. The van der Waals surface area contributed by atoms with Gasteiger partial charge in [0, 0.05) is 23.6 Å². The predicted octanol–water partition coefficient (Wildman–Crippen LogP) is 0.947. The standard InChI is InChI=1S/C10H11N3O/c11-9-3-2-8(7-14)10(6-9)13-5-1-4-12-13/h1-6,14H,7,11H2. The molecule has 3 N–H and O–H groups in total. The fourth-order valence-corrected chi connectivity index (χ4v) is 1.34. The molecule has 0 amide bonds. The van der Waals surface area contributed by atoms with Crippen LogP contribution in [-0.4, -0.2) is 14.9 Å². The van der Waals surface area contributed by atoms with Gasteiger partial charge in [-0.2, -0.15) is 5.10 Å². The minimum atomic E-state index is -0.0184. The zero-order valence-corrected chi connectivity index (χ0v) is 7.59. The van der Waals surface area contributed by atoms with Crippen LogP contribution in [0.5, 0.6) is 0 Å². The SMILES string of the molecule is Nc1ccc(CO)c(-n2cccn2)c1. The van der Waals surface area contributed by atoms with Gasteiger partial charge in [-0.05, 0) is 18.2 Å². The van der Waals surface area contributed by atoms with Crippen molar-refractivity contribution < 1.29 is 5.11 Å². The zero-order valence-electron chi connectivity index (χ0n) is 7.59. The molecule has 0 aliphatic carbocycles. The maximum absolute atomic E-state index is 9.13. The van der Waals surface area contributed by atoms with Crippen molar-refractivity contribution in [2.24, 2.45) is 0 Å². The molecule has 0 fully saturated rings. The summed E-state index contributed by atoms with van der Waals surface area (Å²) in [5, 5.41) is 13.2. The number of aromatic nitrogens is 2. The Morgan fingerprint density at radius 2 is 2.29 bits per heavy atom. The maximum Gasteiger partial charge on any atom is 0.0721 e. The lowest BCUT2D eigenvalue weighted by molar-refractivity contribution is 0.281. The topological polar surface area (TPSA) is 64.1 Å². The molecule has 1 aromatic carbocycles. The van der Waals surface area contributed by atoms with Gasteiger partial charge in [0.25, 0.3) is 0 Å². The molecular formula is C10H11N3O. The Balaban J connectivity index is 2.55. The summed E-state index contributed by atoms with van der Waals surface area (Å²) in [5.74, 6) is 0. The van der Waals surface area contributed by atoms with Crippen molar-refractivity contribution in [3.8, 4) is 5.69 Å². The van der Waals surface area contributed by atoms with E-state index in [0.29, 0.717) is 5.69 Å². The summed E-state index contributed by atoms with van der Waals surface area (Å²) in [6.45, 7) is -0.0184. The van der Waals surface area contributed by atoms with Crippen LogP contribution in [0, 0.1) is 0 Å². The Morgan fingerprint density at radius 3 is 2.93 bits per heavy atom. The van der Waals surface area contributed by atoms with E-state index in [9.17, 15) is 0 Å². The molecule has 1 aromatic heterocycles. The number of anilines is 1. The highest BCUT2D eigenvalue weighted by Crippen LogP contribution is 2.17. The number of benzene rings is 1. The van der Waals surface area contributed by atoms with E-state index in [0.717, 1.165) is 11.3 Å². The van der Waals surface area contributed by atoms with Gasteiger partial charge in [0.05, 0.1) is 12.3 Å². The largest absolute Gasteiger partial charge is 0.399 e. The first kappa shape index (κ1) is 8.77. The van der Waals surface area contributed by atoms with Gasteiger partial charge in [0.1, 0.15) is 0 Å². The van der Waals surface area contributed by atoms with E-state index in [1.807, 2.05) is 12.3 Å². The summed E-state index contributed by atoms with van der Waals surface area (Å²) in [5.41, 5.74) is 7.95. The molecule has 0 spiro atoms. The Morgan fingerprint density at radius 1 is 1.43 bits per heavy atom. The van der Waals surface area contributed by atoms with Gasteiger partial charge in [-0.1, -0.05) is 6.07 Å². The fraction of sp³-hybridized carbons (Fsp3) is 0.100. The summed E-state index contributed by atoms with van der Waals surface area (Å²) in [4.78, 5) is 0. The van der Waals surface area contributed by atoms with Crippen LogP contribution in [0.4, 0.5) is 5.69 Å². The molecule has 0 aliphatic heterocycles. The van der Waals surface area contributed by atoms with Crippen LogP contribution in [0.1, 0.15) is 5.56 Å². The summed E-state index contributed by atoms with van der Waals surface area (Å²) in [7, 11) is 0. The number of nitrogens with two attached hydrogens (primary N) is 1. The van der Waals surface area contributed by atoms with Crippen LogP contribution in [0.2, 0.25) is 0 Å². The Kier molecular flexibility index (Phi) is 2.20. The molecular weight excluding hydrogens is 178 g/mol. The summed E-state index contributed by atoms with van der Waals surface area (Å²) in [6, 6.07) is 7.17. The maximum atomic E-state index is 9.13. The second-order valence-corrected chi connectivity index (χ2v) is 3.00. The van der Waals surface area contributed by atoms with Crippen LogP contribution >= 0.6 is 0 Å². The average Bonchev–Trinajstić information content (AvgIpc) is 2.70. The Hall–Kier alpha value is -1.81. The van der Waals surface area contributed by atoms with Crippen LogP contribution in [0.15, 0.2) is 36.7 Å². The highest BCUT2D eigenvalue weighted by Gasteiger charge is 2.03. The van der Waals surface area contributed by atoms with Gasteiger partial charge in [-0.15, -0.1) is 0 Å². The summed E-state index contributed by atoms with van der Waals surface area (Å²) in [6.07, 6.45) is 3.50. The van der Waals surface area contributed by atoms with E-state index in [-0.39, 0.29) is 6.61 Å². The van der Waals surface area contributed by atoms with Gasteiger partial charge in [-0.25, -0.2) is 4.68 Å². The molecule has 0 aliphatic rings. The molecule has 0 unspecified atom stereocenters. The van der Waals surface area contributed by atoms with E-state index in [1.54, 1.807) is 29.1 Å². The number of nitrogen functional groups attached to an aromatic ring is 1. The fourth-order valence-electron chi connectivity index (χ4n) is 1.34.